The van der Waals surface area contributed by atoms with Crippen LogP contribution in [0.3, 0.4) is 0 Å². The zero-order valence-electron chi connectivity index (χ0n) is 19.6. The van der Waals surface area contributed by atoms with Gasteiger partial charge in [0.15, 0.2) is 5.82 Å². The van der Waals surface area contributed by atoms with Crippen LogP contribution in [0.1, 0.15) is 67.0 Å². The number of ketones is 1. The highest BCUT2D eigenvalue weighted by Gasteiger charge is 2.20. The van der Waals surface area contributed by atoms with E-state index in [4.69, 9.17) is 0 Å². The fraction of sp³-hybridized carbons (Fsp3) is 0.308. The number of rotatable bonds is 12. The number of nitrogens with one attached hydrogen (secondary N) is 2. The van der Waals surface area contributed by atoms with Gasteiger partial charge >= 0.3 is 0 Å². The highest BCUT2D eigenvalue weighted by Crippen LogP contribution is 2.25. The first-order valence-electron chi connectivity index (χ1n) is 11.8. The molecule has 0 fully saturated rings. The molecule has 0 spiro atoms. The third-order valence-electron chi connectivity index (χ3n) is 5.75. The number of imidazole rings is 1. The van der Waals surface area contributed by atoms with Gasteiger partial charge in [-0.2, -0.15) is 0 Å². The molecule has 3 heterocycles. The van der Waals surface area contributed by atoms with Crippen LogP contribution in [0.2, 0.25) is 0 Å². The van der Waals surface area contributed by atoms with Crippen LogP contribution in [0.25, 0.3) is 22.6 Å². The standard InChI is InChI=1S/C26H28N6O2S/c1-2-20(33)7-4-3-5-8-21(32-26(34)23-16-27-17-35-23)25-30-15-22(31-25)18-9-11-19(12-10-18)24-28-13-6-14-29-24/h6,9-17,21H,2-5,7-8H2,1H3,(H,30,31)(H,32,34)/t21-/m0/s1. The van der Waals surface area contributed by atoms with Crippen molar-refractivity contribution in [2.75, 3.05) is 0 Å². The first kappa shape index (κ1) is 24.4. The smallest absolute Gasteiger partial charge is 0.263 e. The summed E-state index contributed by atoms with van der Waals surface area (Å²) in [6, 6.07) is 9.48. The Bertz CT molecular complexity index is 1220. The van der Waals surface area contributed by atoms with Crippen molar-refractivity contribution in [1.82, 2.24) is 30.2 Å². The summed E-state index contributed by atoms with van der Waals surface area (Å²) in [5, 5.41) is 3.10. The Balaban J connectivity index is 1.45. The Labute approximate surface area is 208 Å². The normalized spacial score (nSPS) is 11.8. The van der Waals surface area contributed by atoms with Crippen LogP contribution in [-0.4, -0.2) is 36.6 Å². The second kappa shape index (κ2) is 12.1. The zero-order valence-corrected chi connectivity index (χ0v) is 20.4. The predicted molar refractivity (Wildman–Crippen MR) is 136 cm³/mol. The SMILES string of the molecule is CCC(=O)CCCCC[C@H](NC(=O)c1cncs1)c1ncc(-c2ccc(-c3ncccn3)cc2)[nH]1. The fourth-order valence-corrected chi connectivity index (χ4v) is 4.29. The van der Waals surface area contributed by atoms with Crippen molar-refractivity contribution < 1.29 is 9.59 Å². The molecule has 0 aliphatic carbocycles. The number of thiazole rings is 1. The number of nitrogens with zero attached hydrogens (tertiary/aromatic N) is 4. The summed E-state index contributed by atoms with van der Waals surface area (Å²) >= 11 is 1.31. The van der Waals surface area contributed by atoms with Gasteiger partial charge in [0.05, 0.1) is 29.6 Å². The van der Waals surface area contributed by atoms with E-state index in [9.17, 15) is 9.59 Å². The molecule has 0 aliphatic rings. The van der Waals surface area contributed by atoms with Crippen molar-refractivity contribution >= 4 is 23.0 Å². The van der Waals surface area contributed by atoms with Gasteiger partial charge in [-0.15, -0.1) is 11.3 Å². The molecule has 0 saturated heterocycles. The van der Waals surface area contributed by atoms with Crippen molar-refractivity contribution in [3.63, 3.8) is 0 Å². The molecule has 0 radical (unpaired) electrons. The molecule has 0 saturated carbocycles. The van der Waals surface area contributed by atoms with Gasteiger partial charge in [-0.25, -0.2) is 15.0 Å². The maximum Gasteiger partial charge on any atom is 0.263 e. The molecule has 1 atom stereocenters. The van der Waals surface area contributed by atoms with E-state index in [1.165, 1.54) is 11.3 Å². The number of amides is 1. The molecule has 0 unspecified atom stereocenters. The fourth-order valence-electron chi connectivity index (χ4n) is 3.77. The van der Waals surface area contributed by atoms with E-state index >= 15 is 0 Å². The average Bonchev–Trinajstić information content (AvgIpc) is 3.61. The highest BCUT2D eigenvalue weighted by molar-refractivity contribution is 7.11. The molecule has 2 N–H and O–H groups in total. The number of hydrogen-bond acceptors (Lipinski definition) is 7. The minimum Gasteiger partial charge on any atom is -0.341 e. The van der Waals surface area contributed by atoms with Crippen LogP contribution in [-0.2, 0) is 4.79 Å². The number of unbranched alkanes of at least 4 members (excludes halogenated alkanes) is 2. The van der Waals surface area contributed by atoms with Crippen LogP contribution < -0.4 is 5.32 Å². The van der Waals surface area contributed by atoms with Gasteiger partial charge in [0, 0.05) is 30.8 Å². The number of Topliss-reactive ketones (excluding diaryl/α,β-unsaturated/α-hetero) is 1. The monoisotopic (exact) mass is 488 g/mol. The Hall–Kier alpha value is -3.72. The summed E-state index contributed by atoms with van der Waals surface area (Å²) in [5.74, 6) is 1.51. The highest BCUT2D eigenvalue weighted by atomic mass is 32.1. The molecule has 180 valence electrons. The quantitative estimate of drug-likeness (QED) is 0.258. The number of aromatic nitrogens is 5. The molecule has 35 heavy (non-hydrogen) atoms. The van der Waals surface area contributed by atoms with Crippen LogP contribution in [0.5, 0.6) is 0 Å². The molecular formula is C26H28N6O2S. The first-order chi connectivity index (χ1) is 17.1. The lowest BCUT2D eigenvalue weighted by atomic mass is 10.0. The number of carbonyl (C=O) groups excluding carboxylic acids is 2. The summed E-state index contributed by atoms with van der Waals surface area (Å²) < 4.78 is 0. The molecular weight excluding hydrogens is 460 g/mol. The molecule has 1 aromatic carbocycles. The molecule has 0 aliphatic heterocycles. The Morgan fingerprint density at radius 1 is 1.00 bits per heavy atom. The molecule has 0 bridgehead atoms. The molecule has 4 aromatic rings. The van der Waals surface area contributed by atoms with Crippen molar-refractivity contribution in [2.24, 2.45) is 0 Å². The largest absolute Gasteiger partial charge is 0.341 e. The lowest BCUT2D eigenvalue weighted by Gasteiger charge is -2.16. The molecule has 3 aromatic heterocycles. The Morgan fingerprint density at radius 3 is 2.49 bits per heavy atom. The number of carbonyl (C=O) groups is 2. The van der Waals surface area contributed by atoms with Crippen LogP contribution in [0, 0.1) is 0 Å². The van der Waals surface area contributed by atoms with Crippen molar-refractivity contribution in [2.45, 2.75) is 51.5 Å². The minimum absolute atomic E-state index is 0.163. The molecule has 1 amide bonds. The Kier molecular flexibility index (Phi) is 8.45. The third-order valence-corrected chi connectivity index (χ3v) is 6.52. The van der Waals surface area contributed by atoms with Crippen molar-refractivity contribution in [3.8, 4) is 22.6 Å². The maximum absolute atomic E-state index is 12.7. The van der Waals surface area contributed by atoms with E-state index in [0.717, 1.165) is 42.5 Å². The van der Waals surface area contributed by atoms with Gasteiger partial charge in [0.1, 0.15) is 16.5 Å². The van der Waals surface area contributed by atoms with E-state index in [0.29, 0.717) is 35.2 Å². The molecule has 4 rings (SSSR count). The number of H-pyrrole nitrogens is 1. The summed E-state index contributed by atoms with van der Waals surface area (Å²) in [6.45, 7) is 1.89. The summed E-state index contributed by atoms with van der Waals surface area (Å²) in [6.07, 6.45) is 11.4. The number of benzene rings is 1. The maximum atomic E-state index is 12.7. The lowest BCUT2D eigenvalue weighted by Crippen LogP contribution is -2.28. The summed E-state index contributed by atoms with van der Waals surface area (Å²) in [7, 11) is 0. The van der Waals surface area contributed by atoms with E-state index in [1.807, 2.05) is 31.2 Å². The average molecular weight is 489 g/mol. The molecule has 9 heteroatoms. The van der Waals surface area contributed by atoms with E-state index < -0.39 is 0 Å². The van der Waals surface area contributed by atoms with Gasteiger partial charge in [0.25, 0.3) is 5.91 Å². The predicted octanol–water partition coefficient (Wildman–Crippen LogP) is 5.39. The Morgan fingerprint density at radius 2 is 1.77 bits per heavy atom. The second-order valence-corrected chi connectivity index (χ2v) is 9.10. The van der Waals surface area contributed by atoms with E-state index in [2.05, 4.69) is 30.2 Å². The van der Waals surface area contributed by atoms with Gasteiger partial charge in [-0.3, -0.25) is 14.6 Å². The minimum atomic E-state index is -0.266. The van der Waals surface area contributed by atoms with Crippen molar-refractivity contribution in [1.29, 1.82) is 0 Å². The van der Waals surface area contributed by atoms with Gasteiger partial charge in [-0.1, -0.05) is 44.0 Å². The van der Waals surface area contributed by atoms with Crippen molar-refractivity contribution in [3.05, 3.63) is 71.3 Å². The van der Waals surface area contributed by atoms with E-state index in [1.54, 1.807) is 36.4 Å². The topological polar surface area (TPSA) is 114 Å². The third kappa shape index (κ3) is 6.66. The van der Waals surface area contributed by atoms with E-state index in [-0.39, 0.29) is 11.9 Å². The summed E-state index contributed by atoms with van der Waals surface area (Å²) in [5.41, 5.74) is 4.43. The van der Waals surface area contributed by atoms with Gasteiger partial charge < -0.3 is 10.3 Å². The van der Waals surface area contributed by atoms with Gasteiger partial charge in [0.2, 0.25) is 0 Å². The van der Waals surface area contributed by atoms with Crippen LogP contribution >= 0.6 is 11.3 Å². The zero-order chi connectivity index (χ0) is 24.5. The number of hydrogen-bond donors (Lipinski definition) is 2. The van der Waals surface area contributed by atoms with Gasteiger partial charge in [-0.05, 0) is 24.5 Å². The summed E-state index contributed by atoms with van der Waals surface area (Å²) in [4.78, 5) is 45.4. The van der Waals surface area contributed by atoms with Crippen LogP contribution in [0.15, 0.2) is 60.6 Å². The first-order valence-corrected chi connectivity index (χ1v) is 12.7. The second-order valence-electron chi connectivity index (χ2n) is 8.22. The lowest BCUT2D eigenvalue weighted by molar-refractivity contribution is -0.118. The molecule has 8 nitrogen and oxygen atoms in total. The number of aromatic amines is 1. The van der Waals surface area contributed by atoms with Crippen LogP contribution in [0.4, 0.5) is 0 Å².